The first-order valence-electron chi connectivity index (χ1n) is 47.5. The van der Waals surface area contributed by atoms with Crippen molar-refractivity contribution in [3.05, 3.63) is 0 Å². The molecular formula is C88H149N25O33. The predicted octanol–water partition coefficient (Wildman–Crippen LogP) is -12.1. The number of aliphatic hydroxyl groups excluding tert-OH is 4. The number of carboxylic acids is 4. The Morgan fingerprint density at radius 1 is 0.363 bits per heavy atom. The van der Waals surface area contributed by atoms with Crippen molar-refractivity contribution in [3.63, 3.8) is 0 Å². The van der Waals surface area contributed by atoms with Crippen molar-refractivity contribution in [1.29, 1.82) is 5.41 Å². The van der Waals surface area contributed by atoms with Gasteiger partial charge in [-0.25, -0.2) is 4.79 Å². The van der Waals surface area contributed by atoms with Crippen LogP contribution in [0.15, 0.2) is 0 Å². The molecule has 21 amide bonds. The molecule has 0 aliphatic carbocycles. The largest absolute Gasteiger partial charge is 0.481 e. The highest BCUT2D eigenvalue weighted by Crippen LogP contribution is 2.23. The maximum atomic E-state index is 14.8. The van der Waals surface area contributed by atoms with Gasteiger partial charge >= 0.3 is 23.9 Å². The molecular weight excluding hydrogens is 1940 g/mol. The molecule has 1 aliphatic heterocycles. The summed E-state index contributed by atoms with van der Waals surface area (Å²) in [4.78, 5) is 338. The summed E-state index contributed by atoms with van der Waals surface area (Å²) in [6.07, 6.45) is -9.85. The van der Waals surface area contributed by atoms with Gasteiger partial charge in [-0.2, -0.15) is 0 Å². The first kappa shape index (κ1) is 130. The molecule has 1 saturated heterocycles. The van der Waals surface area contributed by atoms with Gasteiger partial charge in [-0.3, -0.25) is 120 Å². The molecule has 0 unspecified atom stereocenters. The standard InChI is InChI=1S/C88H149N25O33/c1-17-41(12)62(91)81(139)95-33-58(120)98-47(22-25-56(89)118)72(130)99-48(23-26-57(90)119)73(131)105-54(35-115)79(137)111-67(44(15)116)85(143)109-64(38(6)7)83(141)106-53(34-114)78(136)104-52(32-61(125)126)77(135)110-66(40(10)11)86(144)113-29-19-21-55(113)80(138)101-46(20-18-28-94-88(92)93)71(129)103-51(31-60(123)124)76(134)102-50(30-36(2)3)75(133)100-49(24-27-59(121)122)74(132)107-65(39(8)9)84(142)108-63(37(4)5)82(140)97-42(13)69(127)96-43(14)70(128)112-68(45(16)117)87(145)146/h36-55,62-68,114-117H,17-35,91H2,1-16H3,(H2,89,118)(H2,90,119)(H,95,139)(H,96,127)(H,97,140)(H,98,120)(H,99,130)(H,100,133)(H,101,138)(H,102,134)(H,103,129)(H,104,136)(H,105,131)(H,106,141)(H,107,132)(H,108,142)(H,109,143)(H,110,135)(H,111,137)(H,112,128)(H,121,122)(H,123,124)(H,125,126)(H,145,146)(H4,92,93,94)/t41-,42-,43-,44+,45+,46-,47-,48-,49-,50-,51-,52-,53-,54-,55-,62-,63-,64-,65-,66-,67-,68-/m0/s1. The number of aliphatic hydroxyl groups is 4. The van der Waals surface area contributed by atoms with Crippen LogP contribution in [0, 0.1) is 40.9 Å². The van der Waals surface area contributed by atoms with Gasteiger partial charge in [-0.15, -0.1) is 0 Å². The average Bonchev–Trinajstić information content (AvgIpc) is 1.66. The van der Waals surface area contributed by atoms with Gasteiger partial charge in [0, 0.05) is 32.4 Å². The van der Waals surface area contributed by atoms with Crippen molar-refractivity contribution in [1.82, 2.24) is 106 Å². The molecule has 0 spiro atoms. The van der Waals surface area contributed by atoms with Gasteiger partial charge in [0.1, 0.15) is 103 Å². The molecule has 1 aliphatic rings. The van der Waals surface area contributed by atoms with Crippen LogP contribution in [-0.2, 0) is 120 Å². The minimum absolute atomic E-state index is 0.0776. The van der Waals surface area contributed by atoms with E-state index in [4.69, 9.17) is 28.3 Å². The molecule has 0 aromatic rings. The van der Waals surface area contributed by atoms with Crippen LogP contribution in [-0.4, -0.2) is 359 Å². The zero-order valence-corrected chi connectivity index (χ0v) is 84.6. The SMILES string of the molecule is CC[C@H](C)[C@H](N)C(=O)NCC(=O)N[C@@H](CCC(N)=O)C(=O)N[C@@H](CCC(N)=O)C(=O)N[C@@H](CO)C(=O)N[C@H](C(=O)N[C@H](C(=O)N[C@@H](CO)C(=O)N[C@@H](CC(=O)O)C(=O)N[C@H](C(=O)N1CCC[C@H]1C(=O)N[C@@H](CCCNC(=N)N)C(=O)N[C@@H](CC(=O)O)C(=O)N[C@@H](CC(C)C)C(=O)N[C@@H](CCC(=O)O)C(=O)N[C@H](C(=O)N[C@H](C(=O)N[C@@H](C)C(=O)N[C@@H](C)C(=O)N[C@H](C(=O)O)[C@@H](C)O)C(C)C)C(C)C)C(C)C)C(C)C)[C@@H](C)O. The average molecular weight is 2090 g/mol. The molecule has 824 valence electrons. The number of carbonyl (C=O) groups is 25. The Balaban J connectivity index is 3.60. The van der Waals surface area contributed by atoms with E-state index in [1.54, 1.807) is 27.7 Å². The topological polar surface area (TPSA) is 948 Å². The first-order valence-corrected chi connectivity index (χ1v) is 47.5. The Kier molecular flexibility index (Phi) is 56.8. The fourth-order valence-electron chi connectivity index (χ4n) is 14.2. The third-order valence-corrected chi connectivity index (χ3v) is 22.9. The second kappa shape index (κ2) is 63.9. The Hall–Kier alpha value is -14.2. The van der Waals surface area contributed by atoms with Crippen LogP contribution in [0.1, 0.15) is 201 Å². The van der Waals surface area contributed by atoms with E-state index in [0.29, 0.717) is 6.42 Å². The Labute approximate surface area is 841 Å². The summed E-state index contributed by atoms with van der Waals surface area (Å²) < 4.78 is 0. The number of hydrogen-bond acceptors (Lipinski definition) is 31. The van der Waals surface area contributed by atoms with E-state index in [2.05, 4.69) is 101 Å². The molecule has 1 rings (SSSR count). The quantitative estimate of drug-likeness (QED) is 0.0153. The third-order valence-electron chi connectivity index (χ3n) is 22.9. The summed E-state index contributed by atoms with van der Waals surface area (Å²) in [5.74, 6) is -35.1. The number of rotatable bonds is 67. The summed E-state index contributed by atoms with van der Waals surface area (Å²) in [5, 5.41) is 132. The van der Waals surface area contributed by atoms with Crippen LogP contribution in [0.2, 0.25) is 0 Å². The smallest absolute Gasteiger partial charge is 0.328 e. The lowest BCUT2D eigenvalue weighted by Gasteiger charge is -2.32. The number of nitrogens with zero attached hydrogens (tertiary/aromatic N) is 1. The maximum Gasteiger partial charge on any atom is 0.328 e. The van der Waals surface area contributed by atoms with E-state index in [9.17, 15) is 161 Å². The summed E-state index contributed by atoms with van der Waals surface area (Å²) in [6.45, 7) is 19.0. The van der Waals surface area contributed by atoms with Gasteiger partial charge in [0.15, 0.2) is 12.0 Å². The van der Waals surface area contributed by atoms with E-state index < -0.39 is 382 Å². The number of aliphatic carboxylic acids is 4. The van der Waals surface area contributed by atoms with Crippen molar-refractivity contribution < 1.29 is 161 Å². The lowest BCUT2D eigenvalue weighted by Crippen LogP contribution is -2.63. The van der Waals surface area contributed by atoms with Crippen molar-refractivity contribution in [2.45, 2.75) is 328 Å². The highest BCUT2D eigenvalue weighted by atomic mass is 16.4. The van der Waals surface area contributed by atoms with Gasteiger partial charge in [0.05, 0.1) is 50.8 Å². The highest BCUT2D eigenvalue weighted by Gasteiger charge is 2.45. The molecule has 0 bridgehead atoms. The molecule has 1 heterocycles. The van der Waals surface area contributed by atoms with Crippen LogP contribution < -0.4 is 124 Å². The number of nitrogens with one attached hydrogen (secondary N) is 20. The van der Waals surface area contributed by atoms with Crippen molar-refractivity contribution in [3.8, 4) is 0 Å². The van der Waals surface area contributed by atoms with Crippen LogP contribution >= 0.6 is 0 Å². The van der Waals surface area contributed by atoms with E-state index in [1.807, 2.05) is 0 Å². The molecule has 146 heavy (non-hydrogen) atoms. The zero-order chi connectivity index (χ0) is 112. The Bertz CT molecular complexity index is 4590. The number of nitrogens with two attached hydrogens (primary N) is 4. The van der Waals surface area contributed by atoms with Crippen LogP contribution in [0.5, 0.6) is 0 Å². The Morgan fingerprint density at radius 3 is 1.12 bits per heavy atom. The lowest BCUT2D eigenvalue weighted by atomic mass is 9.98. The molecule has 58 nitrogen and oxygen atoms in total. The van der Waals surface area contributed by atoms with Gasteiger partial charge in [-0.05, 0) is 115 Å². The van der Waals surface area contributed by atoms with Crippen molar-refractivity contribution >= 4 is 154 Å². The van der Waals surface area contributed by atoms with Gasteiger partial charge in [-0.1, -0.05) is 89.5 Å². The summed E-state index contributed by atoms with van der Waals surface area (Å²) >= 11 is 0. The summed E-state index contributed by atoms with van der Waals surface area (Å²) in [6, 6.07) is -32.7. The van der Waals surface area contributed by atoms with Gasteiger partial charge < -0.3 is 170 Å². The van der Waals surface area contributed by atoms with E-state index in [1.165, 1.54) is 69.2 Å². The van der Waals surface area contributed by atoms with E-state index in [0.717, 1.165) is 18.7 Å². The molecule has 0 aromatic heterocycles. The van der Waals surface area contributed by atoms with Gasteiger partial charge in [0.2, 0.25) is 124 Å². The molecule has 36 N–H and O–H groups in total. The van der Waals surface area contributed by atoms with Crippen molar-refractivity contribution in [2.24, 2.45) is 58.4 Å². The third kappa shape index (κ3) is 45.8. The second-order valence-corrected chi connectivity index (χ2v) is 37.2. The monoisotopic (exact) mass is 2080 g/mol. The van der Waals surface area contributed by atoms with Crippen molar-refractivity contribution in [2.75, 3.05) is 32.8 Å². The number of carboxylic acid groups (broad SMARTS) is 4. The summed E-state index contributed by atoms with van der Waals surface area (Å²) in [5.41, 5.74) is 22.0. The van der Waals surface area contributed by atoms with Crippen LogP contribution in [0.25, 0.3) is 0 Å². The molecule has 0 aromatic carbocycles. The minimum Gasteiger partial charge on any atom is -0.481 e. The number of hydrogen-bond donors (Lipinski definition) is 32. The maximum absolute atomic E-state index is 14.8. The molecule has 0 radical (unpaired) electrons. The fourth-order valence-corrected chi connectivity index (χ4v) is 14.2. The lowest BCUT2D eigenvalue weighted by molar-refractivity contribution is -0.145. The van der Waals surface area contributed by atoms with E-state index in [-0.39, 0.29) is 51.1 Å². The molecule has 1 fully saturated rings. The second-order valence-electron chi connectivity index (χ2n) is 37.2. The summed E-state index contributed by atoms with van der Waals surface area (Å²) in [7, 11) is 0. The Morgan fingerprint density at radius 2 is 0.699 bits per heavy atom. The molecule has 22 atom stereocenters. The minimum atomic E-state index is -2.15. The molecule has 58 heteroatoms. The first-order chi connectivity index (χ1) is 67.9. The van der Waals surface area contributed by atoms with Crippen LogP contribution in [0.3, 0.4) is 0 Å². The van der Waals surface area contributed by atoms with Crippen LogP contribution in [0.4, 0.5) is 0 Å². The number of amides is 21. The van der Waals surface area contributed by atoms with Gasteiger partial charge in [0.25, 0.3) is 0 Å². The molecule has 0 saturated carbocycles. The number of likely N-dealkylation sites (tertiary alicyclic amines) is 1. The highest BCUT2D eigenvalue weighted by molar-refractivity contribution is 6.03. The number of primary amides is 2. The number of guanidine groups is 1. The fraction of sp³-hybridized carbons (Fsp3) is 0.705. The van der Waals surface area contributed by atoms with E-state index >= 15 is 0 Å². The number of carbonyl (C=O) groups excluding carboxylic acids is 21. The normalized spacial score (nSPS) is 16.6. The predicted molar refractivity (Wildman–Crippen MR) is 511 cm³/mol. The zero-order valence-electron chi connectivity index (χ0n) is 84.6.